The third-order valence-electron chi connectivity index (χ3n) is 2.13. The lowest BCUT2D eigenvalue weighted by atomic mass is 10.2. The van der Waals surface area contributed by atoms with Crippen LogP contribution in [0, 0.1) is 6.92 Å². The van der Waals surface area contributed by atoms with Crippen molar-refractivity contribution in [1.29, 1.82) is 0 Å². The first-order valence-electron chi connectivity index (χ1n) is 5.10. The minimum absolute atomic E-state index is 1.02. The third kappa shape index (κ3) is 3.58. The summed E-state index contributed by atoms with van der Waals surface area (Å²) < 4.78 is 0. The average Bonchev–Trinajstić information content (AvgIpc) is 2.33. The van der Waals surface area contributed by atoms with Gasteiger partial charge in [0.25, 0.3) is 0 Å². The minimum Gasteiger partial charge on any atom is -0.249 e. The molecule has 0 fully saturated rings. The summed E-state index contributed by atoms with van der Waals surface area (Å²) in [4.78, 5) is 4.27. The van der Waals surface area contributed by atoms with Crippen LogP contribution in [-0.4, -0.2) is 4.98 Å². The van der Waals surface area contributed by atoms with Crippen LogP contribution in [0.1, 0.15) is 11.1 Å². The van der Waals surface area contributed by atoms with Gasteiger partial charge in [0.15, 0.2) is 0 Å². The van der Waals surface area contributed by atoms with E-state index < -0.39 is 0 Å². The standard InChI is InChI=1S/C13H13NS2/c1-11-5-7-12(8-6-11)10-15-16-13-4-2-3-9-14-13/h2-9H,10H2,1H3. The third-order valence-corrected chi connectivity index (χ3v) is 4.33. The van der Waals surface area contributed by atoms with Gasteiger partial charge in [-0.15, -0.1) is 0 Å². The van der Waals surface area contributed by atoms with Gasteiger partial charge in [-0.25, -0.2) is 4.98 Å². The Hall–Kier alpha value is -0.930. The van der Waals surface area contributed by atoms with Gasteiger partial charge in [-0.1, -0.05) is 46.7 Å². The van der Waals surface area contributed by atoms with E-state index in [-0.39, 0.29) is 0 Å². The average molecular weight is 247 g/mol. The van der Waals surface area contributed by atoms with E-state index in [9.17, 15) is 0 Å². The fourth-order valence-corrected chi connectivity index (χ4v) is 3.23. The van der Waals surface area contributed by atoms with E-state index in [0.717, 1.165) is 10.8 Å². The molecule has 16 heavy (non-hydrogen) atoms. The number of pyridine rings is 1. The molecular formula is C13H13NS2. The van der Waals surface area contributed by atoms with E-state index in [4.69, 9.17) is 0 Å². The molecule has 1 heterocycles. The first kappa shape index (κ1) is 11.6. The fourth-order valence-electron chi connectivity index (χ4n) is 1.24. The fraction of sp³-hybridized carbons (Fsp3) is 0.154. The van der Waals surface area contributed by atoms with Crippen LogP contribution in [0.15, 0.2) is 53.7 Å². The second-order valence-electron chi connectivity index (χ2n) is 3.50. The molecule has 82 valence electrons. The van der Waals surface area contributed by atoms with Gasteiger partial charge in [0.2, 0.25) is 0 Å². The summed E-state index contributed by atoms with van der Waals surface area (Å²) in [5.41, 5.74) is 2.67. The van der Waals surface area contributed by atoms with Crippen LogP contribution in [0.4, 0.5) is 0 Å². The zero-order valence-corrected chi connectivity index (χ0v) is 10.7. The van der Waals surface area contributed by atoms with Gasteiger partial charge in [-0.2, -0.15) is 0 Å². The van der Waals surface area contributed by atoms with Gasteiger partial charge in [0.05, 0.1) is 0 Å². The second kappa shape index (κ2) is 5.97. The number of aryl methyl sites for hydroxylation is 1. The zero-order chi connectivity index (χ0) is 11.2. The largest absolute Gasteiger partial charge is 0.249 e. The molecule has 0 unspecified atom stereocenters. The second-order valence-corrected chi connectivity index (χ2v) is 5.82. The summed E-state index contributed by atoms with van der Waals surface area (Å²) in [6, 6.07) is 14.7. The summed E-state index contributed by atoms with van der Waals surface area (Å²) in [5, 5.41) is 1.07. The molecule has 0 bridgehead atoms. The number of benzene rings is 1. The van der Waals surface area contributed by atoms with E-state index in [1.807, 2.05) is 35.2 Å². The molecule has 1 aromatic carbocycles. The Bertz CT molecular complexity index is 425. The van der Waals surface area contributed by atoms with E-state index in [0.29, 0.717) is 0 Å². The van der Waals surface area contributed by atoms with Crippen molar-refractivity contribution in [2.75, 3.05) is 0 Å². The summed E-state index contributed by atoms with van der Waals surface area (Å²) in [6.07, 6.45) is 1.83. The van der Waals surface area contributed by atoms with Gasteiger partial charge >= 0.3 is 0 Å². The summed E-state index contributed by atoms with van der Waals surface area (Å²) in [6.45, 7) is 2.11. The maximum atomic E-state index is 4.27. The lowest BCUT2D eigenvalue weighted by Crippen LogP contribution is -1.79. The van der Waals surface area contributed by atoms with Gasteiger partial charge in [0, 0.05) is 11.9 Å². The van der Waals surface area contributed by atoms with Crippen molar-refractivity contribution in [2.45, 2.75) is 17.7 Å². The van der Waals surface area contributed by atoms with Crippen LogP contribution in [0.2, 0.25) is 0 Å². The number of aromatic nitrogens is 1. The van der Waals surface area contributed by atoms with E-state index in [2.05, 4.69) is 36.2 Å². The molecule has 2 rings (SSSR count). The molecule has 0 atom stereocenters. The molecule has 0 saturated heterocycles. The molecule has 1 nitrogen and oxygen atoms in total. The molecule has 0 aliphatic carbocycles. The predicted molar refractivity (Wildman–Crippen MR) is 72.6 cm³/mol. The molecule has 0 spiro atoms. The van der Waals surface area contributed by atoms with E-state index in [1.165, 1.54) is 11.1 Å². The molecule has 0 N–H and O–H groups in total. The van der Waals surface area contributed by atoms with Crippen LogP contribution in [0.3, 0.4) is 0 Å². The quantitative estimate of drug-likeness (QED) is 0.746. The maximum Gasteiger partial charge on any atom is 0.106 e. The van der Waals surface area contributed by atoms with Crippen LogP contribution < -0.4 is 0 Å². The van der Waals surface area contributed by atoms with Crippen molar-refractivity contribution >= 4 is 21.6 Å². The Balaban J connectivity index is 1.82. The van der Waals surface area contributed by atoms with Gasteiger partial charge in [-0.3, -0.25) is 0 Å². The lowest BCUT2D eigenvalue weighted by Gasteiger charge is -2.01. The first-order chi connectivity index (χ1) is 7.84. The number of hydrogen-bond acceptors (Lipinski definition) is 3. The highest BCUT2D eigenvalue weighted by atomic mass is 33.1. The molecule has 0 amide bonds. The molecule has 0 saturated carbocycles. The summed E-state index contributed by atoms with van der Waals surface area (Å²) >= 11 is 0. The SMILES string of the molecule is Cc1ccc(CSSc2ccccn2)cc1. The predicted octanol–water partition coefficient (Wildman–Crippen LogP) is 4.33. The molecular weight excluding hydrogens is 234 g/mol. The zero-order valence-electron chi connectivity index (χ0n) is 9.09. The van der Waals surface area contributed by atoms with Crippen LogP contribution in [0.25, 0.3) is 0 Å². The van der Waals surface area contributed by atoms with E-state index in [1.54, 1.807) is 10.8 Å². The molecule has 0 aliphatic rings. The van der Waals surface area contributed by atoms with E-state index >= 15 is 0 Å². The Morgan fingerprint density at radius 3 is 2.56 bits per heavy atom. The maximum absolute atomic E-state index is 4.27. The topological polar surface area (TPSA) is 12.9 Å². The van der Waals surface area contributed by atoms with Gasteiger partial charge in [-0.05, 0) is 35.4 Å². The monoisotopic (exact) mass is 247 g/mol. The van der Waals surface area contributed by atoms with Crippen molar-refractivity contribution < 1.29 is 0 Å². The Labute approximate surface area is 104 Å². The Morgan fingerprint density at radius 2 is 1.88 bits per heavy atom. The van der Waals surface area contributed by atoms with Crippen molar-refractivity contribution in [3.05, 3.63) is 59.8 Å². The van der Waals surface area contributed by atoms with Crippen LogP contribution in [0.5, 0.6) is 0 Å². The van der Waals surface area contributed by atoms with Crippen LogP contribution >= 0.6 is 21.6 Å². The lowest BCUT2D eigenvalue weighted by molar-refractivity contribution is 1.14. The van der Waals surface area contributed by atoms with Crippen molar-refractivity contribution in [2.24, 2.45) is 0 Å². The highest BCUT2D eigenvalue weighted by Crippen LogP contribution is 2.31. The molecule has 0 aliphatic heterocycles. The van der Waals surface area contributed by atoms with Crippen LogP contribution in [-0.2, 0) is 5.75 Å². The molecule has 1 aromatic heterocycles. The number of rotatable bonds is 4. The molecule has 3 heteroatoms. The highest BCUT2D eigenvalue weighted by Gasteiger charge is 1.96. The number of nitrogens with zero attached hydrogens (tertiary/aromatic N) is 1. The van der Waals surface area contributed by atoms with Gasteiger partial charge in [0.1, 0.15) is 5.03 Å². The molecule has 0 radical (unpaired) electrons. The first-order valence-corrected chi connectivity index (χ1v) is 7.42. The molecule has 2 aromatic rings. The number of hydrogen-bond donors (Lipinski definition) is 0. The van der Waals surface area contributed by atoms with Crippen molar-refractivity contribution in [1.82, 2.24) is 4.98 Å². The highest BCUT2D eigenvalue weighted by molar-refractivity contribution is 8.76. The summed E-state index contributed by atoms with van der Waals surface area (Å²) in [5.74, 6) is 1.02. The smallest absolute Gasteiger partial charge is 0.106 e. The summed E-state index contributed by atoms with van der Waals surface area (Å²) in [7, 11) is 3.54. The van der Waals surface area contributed by atoms with Crippen molar-refractivity contribution in [3.8, 4) is 0 Å². The Morgan fingerprint density at radius 1 is 1.06 bits per heavy atom. The van der Waals surface area contributed by atoms with Gasteiger partial charge < -0.3 is 0 Å². The van der Waals surface area contributed by atoms with Crippen molar-refractivity contribution in [3.63, 3.8) is 0 Å². The normalized spacial score (nSPS) is 10.3. The minimum atomic E-state index is 1.02. The Kier molecular flexibility index (Phi) is 4.31.